The molecule has 0 saturated heterocycles. The number of carbonyl (C=O) groups is 1. The zero-order chi connectivity index (χ0) is 21.7. The van der Waals surface area contributed by atoms with E-state index in [-0.39, 0.29) is 22.0 Å². The average Bonchev–Trinajstić information content (AvgIpc) is 2.49. The molecule has 1 amide bonds. The van der Waals surface area contributed by atoms with Gasteiger partial charge < -0.3 is 9.80 Å². The second-order valence-corrected chi connectivity index (χ2v) is 11.1. The summed E-state index contributed by atoms with van der Waals surface area (Å²) < 4.78 is 0. The number of likely N-dealkylation sites (N-methyl/N-ethyl adjacent to an activating group) is 1. The zero-order valence-corrected chi connectivity index (χ0v) is 20.7. The Kier molecular flexibility index (Phi) is 9.56. The van der Waals surface area contributed by atoms with Crippen molar-refractivity contribution in [2.24, 2.45) is 11.3 Å². The lowest BCUT2D eigenvalue weighted by Crippen LogP contribution is -2.68. The molecule has 0 spiro atoms. The standard InChI is InChI=1S/C24H50N2O/c1-13-15-17-20(16-14-2)21(3,4)18-22(5,6)26(19-27)24(9,10)23(7,8)25(11)12/h19-20H,13-18H2,1-12H3. The van der Waals surface area contributed by atoms with Crippen molar-refractivity contribution < 1.29 is 4.79 Å². The second-order valence-electron chi connectivity index (χ2n) is 11.1. The van der Waals surface area contributed by atoms with Gasteiger partial charge in [0.1, 0.15) is 0 Å². The summed E-state index contributed by atoms with van der Waals surface area (Å²) in [5.74, 6) is 0.709. The van der Waals surface area contributed by atoms with Gasteiger partial charge >= 0.3 is 0 Å². The third-order valence-electron chi connectivity index (χ3n) is 7.51. The molecule has 0 fully saturated rings. The SMILES string of the molecule is CCCCC(CCC)C(C)(C)CC(C)(C)N(C=O)C(C)(C)C(C)(C)N(C)C. The van der Waals surface area contributed by atoms with Crippen LogP contribution < -0.4 is 0 Å². The summed E-state index contributed by atoms with van der Waals surface area (Å²) in [6.07, 6.45) is 8.45. The van der Waals surface area contributed by atoms with Gasteiger partial charge in [0, 0.05) is 11.1 Å². The van der Waals surface area contributed by atoms with Gasteiger partial charge in [0.05, 0.1) is 5.54 Å². The molecule has 0 heterocycles. The van der Waals surface area contributed by atoms with Crippen molar-refractivity contribution in [3.8, 4) is 0 Å². The van der Waals surface area contributed by atoms with Crippen LogP contribution in [0.4, 0.5) is 0 Å². The molecule has 0 aromatic heterocycles. The molecule has 3 heteroatoms. The van der Waals surface area contributed by atoms with Crippen molar-refractivity contribution in [2.75, 3.05) is 14.1 Å². The van der Waals surface area contributed by atoms with Gasteiger partial charge in [-0.05, 0) is 79.8 Å². The van der Waals surface area contributed by atoms with Crippen molar-refractivity contribution in [2.45, 2.75) is 124 Å². The number of hydrogen-bond acceptors (Lipinski definition) is 2. The van der Waals surface area contributed by atoms with E-state index in [4.69, 9.17) is 0 Å². The molecule has 0 aromatic carbocycles. The fourth-order valence-corrected chi connectivity index (χ4v) is 4.94. The number of unbranched alkanes of at least 4 members (excludes halogenated alkanes) is 1. The lowest BCUT2D eigenvalue weighted by atomic mass is 9.66. The average molecular weight is 383 g/mol. The maximum atomic E-state index is 12.3. The van der Waals surface area contributed by atoms with Crippen molar-refractivity contribution in [1.82, 2.24) is 9.80 Å². The monoisotopic (exact) mass is 382 g/mol. The Balaban J connectivity index is 5.75. The predicted molar refractivity (Wildman–Crippen MR) is 120 cm³/mol. The lowest BCUT2D eigenvalue weighted by Gasteiger charge is -2.57. The largest absolute Gasteiger partial charge is 0.333 e. The van der Waals surface area contributed by atoms with Crippen LogP contribution in [0.5, 0.6) is 0 Å². The van der Waals surface area contributed by atoms with E-state index in [1.807, 2.05) is 0 Å². The normalized spacial score (nSPS) is 15.1. The number of amides is 1. The summed E-state index contributed by atoms with van der Waals surface area (Å²) in [5.41, 5.74) is -0.434. The smallest absolute Gasteiger partial charge is 0.210 e. The molecule has 3 nitrogen and oxygen atoms in total. The summed E-state index contributed by atoms with van der Waals surface area (Å²) in [5, 5.41) is 0. The first kappa shape index (κ1) is 26.4. The van der Waals surface area contributed by atoms with Gasteiger partial charge in [-0.25, -0.2) is 0 Å². The Labute approximate surface area is 171 Å². The third kappa shape index (κ3) is 6.21. The fourth-order valence-electron chi connectivity index (χ4n) is 4.94. The maximum Gasteiger partial charge on any atom is 0.210 e. The minimum atomic E-state index is -0.290. The van der Waals surface area contributed by atoms with E-state index in [0.717, 1.165) is 12.8 Å². The Hall–Kier alpha value is -0.570. The number of nitrogens with zero attached hydrogens (tertiary/aromatic N) is 2. The van der Waals surface area contributed by atoms with Gasteiger partial charge in [0.2, 0.25) is 6.41 Å². The van der Waals surface area contributed by atoms with Gasteiger partial charge in [-0.15, -0.1) is 0 Å². The van der Waals surface area contributed by atoms with Crippen molar-refractivity contribution in [3.05, 3.63) is 0 Å². The van der Waals surface area contributed by atoms with Crippen LogP contribution in [0.2, 0.25) is 0 Å². The van der Waals surface area contributed by atoms with E-state index in [2.05, 4.69) is 93.1 Å². The molecule has 0 N–H and O–H groups in total. The van der Waals surface area contributed by atoms with E-state index in [0.29, 0.717) is 5.92 Å². The third-order valence-corrected chi connectivity index (χ3v) is 7.51. The molecule has 0 aliphatic heterocycles. The fraction of sp³-hybridized carbons (Fsp3) is 0.958. The predicted octanol–water partition coefficient (Wildman–Crippen LogP) is 6.37. The molecule has 1 atom stereocenters. The molecule has 0 saturated carbocycles. The van der Waals surface area contributed by atoms with E-state index in [9.17, 15) is 4.79 Å². The van der Waals surface area contributed by atoms with E-state index < -0.39 is 0 Å². The molecule has 0 aliphatic rings. The minimum Gasteiger partial charge on any atom is -0.333 e. The second kappa shape index (κ2) is 9.76. The molecule has 162 valence electrons. The van der Waals surface area contributed by atoms with Crippen molar-refractivity contribution in [1.29, 1.82) is 0 Å². The van der Waals surface area contributed by atoms with Crippen molar-refractivity contribution in [3.63, 3.8) is 0 Å². The Bertz CT molecular complexity index is 449. The first-order valence-corrected chi connectivity index (χ1v) is 11.0. The number of hydrogen-bond donors (Lipinski definition) is 0. The first-order valence-electron chi connectivity index (χ1n) is 11.0. The topological polar surface area (TPSA) is 23.6 Å². The van der Waals surface area contributed by atoms with E-state index in [1.165, 1.54) is 32.1 Å². The summed E-state index contributed by atoms with van der Waals surface area (Å²) in [4.78, 5) is 16.6. The Morgan fingerprint density at radius 3 is 1.70 bits per heavy atom. The summed E-state index contributed by atoms with van der Waals surface area (Å²) in [6, 6.07) is 0. The van der Waals surface area contributed by atoms with Crippen LogP contribution in [0, 0.1) is 11.3 Å². The quantitative estimate of drug-likeness (QED) is 0.346. The van der Waals surface area contributed by atoms with Gasteiger partial charge in [-0.2, -0.15) is 0 Å². The van der Waals surface area contributed by atoms with Gasteiger partial charge in [-0.1, -0.05) is 53.4 Å². The maximum absolute atomic E-state index is 12.3. The Morgan fingerprint density at radius 2 is 1.33 bits per heavy atom. The Morgan fingerprint density at radius 1 is 0.815 bits per heavy atom. The van der Waals surface area contributed by atoms with Crippen LogP contribution in [-0.4, -0.2) is 46.9 Å². The minimum absolute atomic E-state index is 0.139. The highest BCUT2D eigenvalue weighted by molar-refractivity contribution is 5.51. The lowest BCUT2D eigenvalue weighted by molar-refractivity contribution is -0.141. The molecule has 0 aliphatic carbocycles. The van der Waals surface area contributed by atoms with Crippen LogP contribution in [0.15, 0.2) is 0 Å². The van der Waals surface area contributed by atoms with Crippen molar-refractivity contribution >= 4 is 6.41 Å². The van der Waals surface area contributed by atoms with Crippen LogP contribution in [-0.2, 0) is 4.79 Å². The number of carbonyl (C=O) groups excluding carboxylic acids is 1. The van der Waals surface area contributed by atoms with Gasteiger partial charge in [0.15, 0.2) is 0 Å². The summed E-state index contributed by atoms with van der Waals surface area (Å²) >= 11 is 0. The zero-order valence-electron chi connectivity index (χ0n) is 20.7. The summed E-state index contributed by atoms with van der Waals surface area (Å²) in [6.45, 7) is 22.8. The highest BCUT2D eigenvalue weighted by Gasteiger charge is 2.49. The highest BCUT2D eigenvalue weighted by Crippen LogP contribution is 2.45. The van der Waals surface area contributed by atoms with Crippen LogP contribution in [0.25, 0.3) is 0 Å². The molecular formula is C24H50N2O. The molecule has 1 unspecified atom stereocenters. The highest BCUT2D eigenvalue weighted by atomic mass is 16.1. The molecule has 0 aromatic rings. The molecule has 0 rings (SSSR count). The summed E-state index contributed by atoms with van der Waals surface area (Å²) in [7, 11) is 4.20. The number of rotatable bonds is 13. The van der Waals surface area contributed by atoms with Gasteiger partial charge in [-0.3, -0.25) is 4.79 Å². The van der Waals surface area contributed by atoms with Gasteiger partial charge in [0.25, 0.3) is 0 Å². The first-order chi connectivity index (χ1) is 12.1. The van der Waals surface area contributed by atoms with Crippen LogP contribution in [0.3, 0.4) is 0 Å². The molecule has 27 heavy (non-hydrogen) atoms. The molecule has 0 bridgehead atoms. The molecule has 0 radical (unpaired) electrons. The van der Waals surface area contributed by atoms with Crippen LogP contribution >= 0.6 is 0 Å². The van der Waals surface area contributed by atoms with Crippen LogP contribution in [0.1, 0.15) is 108 Å². The van der Waals surface area contributed by atoms with E-state index in [1.54, 1.807) is 0 Å². The molecular weight excluding hydrogens is 332 g/mol. The van der Waals surface area contributed by atoms with E-state index >= 15 is 0 Å².